The number of phenolic OH excluding ortho intramolecular Hbond substituents is 1. The predicted octanol–water partition coefficient (Wildman–Crippen LogP) is -0.114. The van der Waals surface area contributed by atoms with Crippen molar-refractivity contribution < 1.29 is 47.5 Å². The Morgan fingerprint density at radius 1 is 0.517 bits per heavy atom. The van der Waals surface area contributed by atoms with E-state index in [1.165, 1.54) is 14.3 Å². The molecule has 0 saturated carbocycles. The summed E-state index contributed by atoms with van der Waals surface area (Å²) >= 11 is -0.187. The molecule has 146 valence electrons. The van der Waals surface area contributed by atoms with Gasteiger partial charge in [0, 0.05) is 0 Å². The van der Waals surface area contributed by atoms with Crippen LogP contribution in [0, 0.1) is 20.9 Å². The summed E-state index contributed by atoms with van der Waals surface area (Å²) in [6, 6.07) is 36.4. The molecule has 0 spiro atoms. The van der Waals surface area contributed by atoms with Crippen LogP contribution in [-0.4, -0.2) is 5.11 Å². The first-order valence-electron chi connectivity index (χ1n) is 8.89. The van der Waals surface area contributed by atoms with Gasteiger partial charge in [0.15, 0.2) is 0 Å². The van der Waals surface area contributed by atoms with Gasteiger partial charge in [0.1, 0.15) is 0 Å². The molecule has 4 rings (SSSR count). The summed E-state index contributed by atoms with van der Waals surface area (Å²) in [4.78, 5) is 3.38. The van der Waals surface area contributed by atoms with Gasteiger partial charge in [-0.1, -0.05) is 0 Å². The van der Waals surface area contributed by atoms with Gasteiger partial charge in [0.2, 0.25) is 0 Å². The maximum absolute atomic E-state index is 9.13. The maximum atomic E-state index is 9.13. The molecule has 1 N–H and O–H groups in total. The van der Waals surface area contributed by atoms with Crippen LogP contribution >= 0.6 is 0 Å². The Labute approximate surface area is 192 Å². The Morgan fingerprint density at radius 2 is 0.897 bits per heavy atom. The summed E-state index contributed by atoms with van der Waals surface area (Å²) in [6.07, 6.45) is 0. The molecule has 0 aliphatic heterocycles. The second kappa shape index (κ2) is 11.6. The van der Waals surface area contributed by atoms with Crippen LogP contribution in [0.5, 0.6) is 5.75 Å². The third-order valence-electron chi connectivity index (χ3n) is 3.69. The van der Waals surface area contributed by atoms with Crippen molar-refractivity contribution >= 4 is 5.69 Å². The Morgan fingerprint density at radius 3 is 1.31 bits per heavy atom. The zero-order chi connectivity index (χ0) is 20.3. The number of aromatic hydroxyl groups is 1. The summed E-state index contributed by atoms with van der Waals surface area (Å²) in [7, 11) is 0. The number of halogens is 2. The van der Waals surface area contributed by atoms with Crippen molar-refractivity contribution in [3.8, 4) is 5.75 Å². The van der Waals surface area contributed by atoms with E-state index in [-0.39, 0.29) is 42.4 Å². The fraction of sp³-hybridized carbons (Fsp3) is 0. The molecule has 4 aromatic rings. The van der Waals surface area contributed by atoms with Gasteiger partial charge in [0.05, 0.1) is 0 Å². The molecule has 0 aromatic heterocycles. The van der Waals surface area contributed by atoms with Crippen LogP contribution in [0.25, 0.3) is 4.85 Å². The molecule has 4 heteroatoms. The van der Waals surface area contributed by atoms with Crippen LogP contribution in [-0.2, 0) is 0 Å². The van der Waals surface area contributed by atoms with E-state index in [0.29, 0.717) is 5.75 Å². The van der Waals surface area contributed by atoms with Gasteiger partial charge in [-0.2, -0.15) is 0 Å². The number of hydrogen-bond donors (Lipinski definition) is 1. The van der Waals surface area contributed by atoms with E-state index in [0.717, 1.165) is 5.69 Å². The average molecular weight is 603 g/mol. The molecule has 0 saturated heterocycles. The van der Waals surface area contributed by atoms with Gasteiger partial charge in [-0.25, -0.2) is 0 Å². The van der Waals surface area contributed by atoms with Crippen LogP contribution in [0.3, 0.4) is 0 Å². The van der Waals surface area contributed by atoms with Gasteiger partial charge in [0.25, 0.3) is 0 Å². The molecule has 0 atom stereocenters. The van der Waals surface area contributed by atoms with Gasteiger partial charge in [-0.15, -0.1) is 0 Å². The first-order valence-corrected chi connectivity index (χ1v) is 13.2. The molecule has 4 aromatic carbocycles. The molecule has 0 fully saturated rings. The molecule has 0 heterocycles. The summed E-state index contributed by atoms with van der Waals surface area (Å²) in [5, 5.41) is 9.13. The van der Waals surface area contributed by atoms with Crippen LogP contribution in [0.4, 0.5) is 5.69 Å². The van der Waals surface area contributed by atoms with Gasteiger partial charge >= 0.3 is 194 Å². The SMILES string of the molecule is Oc1ccc([I-]c2ccccc2)cc1.[C-]#[N+]c1ccc([I-]c2ccccc2)cc1. The van der Waals surface area contributed by atoms with Crippen LogP contribution in [0.15, 0.2) is 109 Å². The van der Waals surface area contributed by atoms with Crippen molar-refractivity contribution in [3.05, 3.63) is 135 Å². The van der Waals surface area contributed by atoms with Crippen LogP contribution in [0.2, 0.25) is 0 Å². The second-order valence-electron chi connectivity index (χ2n) is 5.84. The fourth-order valence-electron chi connectivity index (χ4n) is 2.29. The first-order chi connectivity index (χ1) is 14.2. The summed E-state index contributed by atoms with van der Waals surface area (Å²) < 4.78 is 5.49. The van der Waals surface area contributed by atoms with E-state index in [1.54, 1.807) is 12.1 Å². The molecular weight excluding hydrogens is 584 g/mol. The van der Waals surface area contributed by atoms with E-state index in [2.05, 4.69) is 65.5 Å². The number of rotatable bonds is 4. The third kappa shape index (κ3) is 7.52. The molecule has 2 nitrogen and oxygen atoms in total. The van der Waals surface area contributed by atoms with Crippen LogP contribution < -0.4 is 42.4 Å². The minimum atomic E-state index is -0.0952. The Hall–Kier alpha value is -2.37. The zero-order valence-corrected chi connectivity index (χ0v) is 19.9. The Kier molecular flexibility index (Phi) is 8.53. The topological polar surface area (TPSA) is 24.6 Å². The van der Waals surface area contributed by atoms with Crippen molar-refractivity contribution in [2.45, 2.75) is 0 Å². The predicted molar refractivity (Wildman–Crippen MR) is 108 cm³/mol. The quantitative estimate of drug-likeness (QED) is 0.256. The molecule has 29 heavy (non-hydrogen) atoms. The first kappa shape index (κ1) is 21.3. The molecule has 0 aliphatic rings. The summed E-state index contributed by atoms with van der Waals surface area (Å²) in [5.41, 5.74) is 0.718. The Balaban J connectivity index is 0.000000166. The number of nitrogens with zero attached hydrogens (tertiary/aromatic N) is 1. The van der Waals surface area contributed by atoms with Crippen molar-refractivity contribution in [1.82, 2.24) is 0 Å². The van der Waals surface area contributed by atoms with E-state index in [4.69, 9.17) is 11.7 Å². The molecular formula is C25H19I2NO-2. The third-order valence-corrected chi connectivity index (χ3v) is 9.05. The van der Waals surface area contributed by atoms with E-state index in [1.807, 2.05) is 36.4 Å². The molecule has 0 bridgehead atoms. The summed E-state index contributed by atoms with van der Waals surface area (Å²) in [5.74, 6) is 0.339. The normalized spacial score (nSPS) is 10.0. The van der Waals surface area contributed by atoms with Gasteiger partial charge in [-0.05, 0) is 0 Å². The van der Waals surface area contributed by atoms with E-state index >= 15 is 0 Å². The van der Waals surface area contributed by atoms with Gasteiger partial charge < -0.3 is 0 Å². The molecule has 0 aliphatic carbocycles. The zero-order valence-electron chi connectivity index (χ0n) is 15.5. The number of hydrogen-bond acceptors (Lipinski definition) is 1. The molecule has 0 unspecified atom stereocenters. The average Bonchev–Trinajstić information content (AvgIpc) is 2.78. The fourth-order valence-corrected chi connectivity index (χ4v) is 6.72. The van der Waals surface area contributed by atoms with Crippen molar-refractivity contribution in [1.29, 1.82) is 0 Å². The van der Waals surface area contributed by atoms with Gasteiger partial charge in [-0.3, -0.25) is 0 Å². The van der Waals surface area contributed by atoms with Crippen molar-refractivity contribution in [3.63, 3.8) is 0 Å². The molecule has 0 amide bonds. The van der Waals surface area contributed by atoms with Crippen LogP contribution in [0.1, 0.15) is 0 Å². The summed E-state index contributed by atoms with van der Waals surface area (Å²) in [6.45, 7) is 6.87. The van der Waals surface area contributed by atoms with E-state index in [9.17, 15) is 0 Å². The standard InChI is InChI=1S/C13H9IN.C12H10IO/c1-15-13-9-7-12(8-10-13)14-11-5-3-2-4-6-11;14-12-8-6-11(7-9-12)13-10-4-2-1-3-5-10/h2-10H;1-9,14H/q2*-1. The second-order valence-corrected chi connectivity index (χ2v) is 11.9. The number of phenols is 1. The monoisotopic (exact) mass is 603 g/mol. The number of benzene rings is 4. The Bertz CT molecular complexity index is 1040. The molecule has 0 radical (unpaired) electrons. The van der Waals surface area contributed by atoms with E-state index < -0.39 is 0 Å². The van der Waals surface area contributed by atoms with Crippen molar-refractivity contribution in [2.75, 3.05) is 0 Å². The van der Waals surface area contributed by atoms with Crippen molar-refractivity contribution in [2.24, 2.45) is 0 Å². The minimum absolute atomic E-state index is 0.0923.